The first-order valence-corrected chi connectivity index (χ1v) is 8.38. The molecule has 2 aromatic rings. The second kappa shape index (κ2) is 6.97. The number of ether oxygens (including phenoxy) is 1. The Balaban J connectivity index is 1.49. The van der Waals surface area contributed by atoms with E-state index >= 15 is 0 Å². The Morgan fingerprint density at radius 3 is 2.64 bits per heavy atom. The third-order valence-electron chi connectivity index (χ3n) is 4.47. The molecule has 0 aromatic heterocycles. The number of hydroxylamine groups is 3. The van der Waals surface area contributed by atoms with Crippen molar-refractivity contribution in [1.82, 2.24) is 15.4 Å². The van der Waals surface area contributed by atoms with Crippen LogP contribution in [0.4, 0.5) is 15.8 Å². The Bertz CT molecular complexity index is 750. The van der Waals surface area contributed by atoms with Crippen molar-refractivity contribution < 1.29 is 14.1 Å². The molecule has 0 saturated carbocycles. The zero-order valence-electron chi connectivity index (χ0n) is 14.1. The first kappa shape index (κ1) is 16.3. The quantitative estimate of drug-likeness (QED) is 0.860. The van der Waals surface area contributed by atoms with Gasteiger partial charge in [-0.3, -0.25) is 0 Å². The van der Waals surface area contributed by atoms with Crippen LogP contribution < -0.4 is 15.1 Å². The van der Waals surface area contributed by atoms with E-state index in [1.54, 1.807) is 6.07 Å². The molecule has 132 valence electrons. The van der Waals surface area contributed by atoms with Crippen LogP contribution in [0, 0.1) is 5.82 Å². The van der Waals surface area contributed by atoms with Crippen molar-refractivity contribution in [2.45, 2.75) is 0 Å². The molecule has 2 aromatic carbocycles. The zero-order chi connectivity index (χ0) is 17.2. The van der Waals surface area contributed by atoms with Gasteiger partial charge in [-0.05, 0) is 31.3 Å². The fraction of sp³-hybridized carbons (Fsp3) is 0.333. The lowest BCUT2D eigenvalue weighted by molar-refractivity contribution is -0.221. The molecule has 0 bridgehead atoms. The number of piperazine rings is 1. The molecule has 7 heteroatoms. The number of para-hydroxylation sites is 2. The van der Waals surface area contributed by atoms with Crippen molar-refractivity contribution in [1.29, 1.82) is 0 Å². The second-order valence-corrected chi connectivity index (χ2v) is 6.24. The Kier molecular flexibility index (Phi) is 4.54. The number of halogens is 1. The lowest BCUT2D eigenvalue weighted by Gasteiger charge is -2.34. The first-order chi connectivity index (χ1) is 12.2. The number of benzene rings is 2. The molecule has 0 aliphatic carbocycles. The second-order valence-electron chi connectivity index (χ2n) is 6.24. The monoisotopic (exact) mass is 344 g/mol. The predicted octanol–water partition coefficient (Wildman–Crippen LogP) is 2.71. The summed E-state index contributed by atoms with van der Waals surface area (Å²) < 4.78 is 19.6. The van der Waals surface area contributed by atoms with Crippen molar-refractivity contribution in [3.63, 3.8) is 0 Å². The number of fused-ring (bicyclic) bond motifs is 2. The summed E-state index contributed by atoms with van der Waals surface area (Å²) in [5.41, 5.74) is 4.54. The van der Waals surface area contributed by atoms with E-state index in [2.05, 4.69) is 17.4 Å². The number of likely N-dealkylation sites (N-methyl/N-ethyl adjacent to an activating group) is 1. The summed E-state index contributed by atoms with van der Waals surface area (Å²) in [5.74, 6) is 1.07. The van der Waals surface area contributed by atoms with Gasteiger partial charge in [-0.25, -0.2) is 9.33 Å². The third-order valence-corrected chi connectivity index (χ3v) is 4.47. The maximum Gasteiger partial charge on any atom is 0.151 e. The Hall–Kier alpha value is -2.19. The number of rotatable bonds is 4. The number of hydrogen-bond acceptors (Lipinski definition) is 6. The molecule has 6 nitrogen and oxygen atoms in total. The molecule has 0 spiro atoms. The topological polar surface area (TPSA) is 40.2 Å². The van der Waals surface area contributed by atoms with Gasteiger partial charge in [0.15, 0.2) is 11.5 Å². The lowest BCUT2D eigenvalue weighted by Crippen LogP contribution is -2.47. The molecular weight excluding hydrogens is 323 g/mol. The molecule has 1 fully saturated rings. The van der Waals surface area contributed by atoms with Gasteiger partial charge in [0, 0.05) is 32.2 Å². The van der Waals surface area contributed by atoms with E-state index < -0.39 is 0 Å². The molecule has 0 radical (unpaired) electrons. The number of anilines is 2. The third kappa shape index (κ3) is 3.45. The summed E-state index contributed by atoms with van der Waals surface area (Å²) in [6.45, 7) is 4.00. The van der Waals surface area contributed by atoms with E-state index in [0.717, 1.165) is 37.6 Å². The normalized spacial score (nSPS) is 17.8. The number of nitrogens with one attached hydrogen (secondary N) is 1. The molecule has 25 heavy (non-hydrogen) atoms. The van der Waals surface area contributed by atoms with Crippen molar-refractivity contribution in [2.24, 2.45) is 0 Å². The van der Waals surface area contributed by atoms with Gasteiger partial charge in [0.1, 0.15) is 5.82 Å². The van der Waals surface area contributed by atoms with E-state index in [1.165, 1.54) is 12.1 Å². The van der Waals surface area contributed by atoms with Gasteiger partial charge in [0.2, 0.25) is 0 Å². The Morgan fingerprint density at radius 2 is 1.80 bits per heavy atom. The zero-order valence-corrected chi connectivity index (χ0v) is 14.1. The standard InChI is InChI=1S/C18H21FN4O2/c1-21-8-10-22(11-9-21)25-20-13-23-15-4-2-3-5-17(15)24-18-7-6-14(19)12-16(18)23/h2-7,12,20H,8-11,13H2,1H3. The maximum atomic E-state index is 13.7. The predicted molar refractivity (Wildman–Crippen MR) is 93.2 cm³/mol. The summed E-state index contributed by atoms with van der Waals surface area (Å²) in [4.78, 5) is 9.89. The van der Waals surface area contributed by atoms with Crippen LogP contribution in [0.25, 0.3) is 0 Å². The van der Waals surface area contributed by atoms with Crippen LogP contribution in [-0.4, -0.2) is 49.9 Å². The SMILES string of the molecule is CN1CCN(ONCN2c3ccccc3Oc3ccc(F)cc32)CC1. The van der Waals surface area contributed by atoms with Gasteiger partial charge >= 0.3 is 0 Å². The van der Waals surface area contributed by atoms with Gasteiger partial charge in [-0.1, -0.05) is 12.1 Å². The molecule has 1 saturated heterocycles. The molecule has 1 N–H and O–H groups in total. The molecule has 0 unspecified atom stereocenters. The highest BCUT2D eigenvalue weighted by atomic mass is 19.1. The Morgan fingerprint density at radius 1 is 1.04 bits per heavy atom. The van der Waals surface area contributed by atoms with E-state index in [9.17, 15) is 4.39 Å². The van der Waals surface area contributed by atoms with Crippen molar-refractivity contribution in [3.05, 3.63) is 48.3 Å². The van der Waals surface area contributed by atoms with Gasteiger partial charge in [0.05, 0.1) is 18.0 Å². The van der Waals surface area contributed by atoms with Crippen LogP contribution in [0.1, 0.15) is 0 Å². The minimum atomic E-state index is -0.299. The lowest BCUT2D eigenvalue weighted by atomic mass is 10.2. The first-order valence-electron chi connectivity index (χ1n) is 8.38. The van der Waals surface area contributed by atoms with Gasteiger partial charge in [-0.15, -0.1) is 0 Å². The highest BCUT2D eigenvalue weighted by Gasteiger charge is 2.25. The van der Waals surface area contributed by atoms with Crippen LogP contribution in [0.5, 0.6) is 11.5 Å². The number of hydrogen-bond donors (Lipinski definition) is 1. The average molecular weight is 344 g/mol. The van der Waals surface area contributed by atoms with E-state index in [0.29, 0.717) is 18.1 Å². The minimum Gasteiger partial charge on any atom is -0.453 e. The highest BCUT2D eigenvalue weighted by molar-refractivity contribution is 5.77. The molecular formula is C18H21FN4O2. The van der Waals surface area contributed by atoms with Gasteiger partial charge in [0.25, 0.3) is 0 Å². The Labute approximate surface area is 146 Å². The average Bonchev–Trinajstić information content (AvgIpc) is 2.63. The van der Waals surface area contributed by atoms with E-state index in [4.69, 9.17) is 9.68 Å². The largest absolute Gasteiger partial charge is 0.453 e. The summed E-state index contributed by atoms with van der Waals surface area (Å²) in [6, 6.07) is 12.2. The van der Waals surface area contributed by atoms with Crippen molar-refractivity contribution in [3.8, 4) is 11.5 Å². The molecule has 4 rings (SSSR count). The van der Waals surface area contributed by atoms with Crippen molar-refractivity contribution in [2.75, 3.05) is 44.8 Å². The number of nitrogens with zero attached hydrogens (tertiary/aromatic N) is 3. The van der Waals surface area contributed by atoms with Crippen LogP contribution in [0.2, 0.25) is 0 Å². The summed E-state index contributed by atoms with van der Waals surface area (Å²) in [6.07, 6.45) is 0. The molecule has 2 aliphatic heterocycles. The van der Waals surface area contributed by atoms with Crippen LogP contribution >= 0.6 is 0 Å². The fourth-order valence-corrected chi connectivity index (χ4v) is 3.04. The van der Waals surface area contributed by atoms with E-state index in [-0.39, 0.29) is 5.82 Å². The highest BCUT2D eigenvalue weighted by Crippen LogP contribution is 2.46. The van der Waals surface area contributed by atoms with Gasteiger partial charge in [-0.2, -0.15) is 10.5 Å². The molecule has 0 atom stereocenters. The summed E-state index contributed by atoms with van der Waals surface area (Å²) in [7, 11) is 2.10. The fourth-order valence-electron chi connectivity index (χ4n) is 3.04. The molecule has 2 heterocycles. The maximum absolute atomic E-state index is 13.7. The summed E-state index contributed by atoms with van der Waals surface area (Å²) >= 11 is 0. The molecule has 2 aliphatic rings. The van der Waals surface area contributed by atoms with Gasteiger partial charge < -0.3 is 14.5 Å². The van der Waals surface area contributed by atoms with Crippen LogP contribution in [-0.2, 0) is 4.94 Å². The minimum absolute atomic E-state index is 0.299. The molecule has 0 amide bonds. The van der Waals surface area contributed by atoms with Crippen LogP contribution in [0.3, 0.4) is 0 Å². The van der Waals surface area contributed by atoms with E-state index in [1.807, 2.05) is 34.2 Å². The smallest absolute Gasteiger partial charge is 0.151 e. The summed E-state index contributed by atoms with van der Waals surface area (Å²) in [5, 5.41) is 1.90. The van der Waals surface area contributed by atoms with Crippen LogP contribution in [0.15, 0.2) is 42.5 Å². The van der Waals surface area contributed by atoms with Crippen molar-refractivity contribution >= 4 is 11.4 Å².